The van der Waals surface area contributed by atoms with Crippen LogP contribution in [0.15, 0.2) is 12.2 Å². The van der Waals surface area contributed by atoms with E-state index < -0.39 is 5.60 Å². The second-order valence-corrected chi connectivity index (χ2v) is 3.76. The Hall–Kier alpha value is -0.830. The molecule has 0 bridgehead atoms. The third-order valence-corrected chi connectivity index (χ3v) is 1.21. The number of hydrogen-bond donors (Lipinski definition) is 0. The predicted molar refractivity (Wildman–Crippen MR) is 44.7 cm³/mol. The zero-order valence-electron chi connectivity index (χ0n) is 7.66. The molecular weight excluding hydrogens is 156 g/mol. The minimum absolute atomic E-state index is 0.137. The maximum Gasteiger partial charge on any atom is 0.331 e. The van der Waals surface area contributed by atoms with Crippen molar-refractivity contribution in [3.8, 4) is 0 Å². The Labute approximate surface area is 72.4 Å². The molecule has 0 radical (unpaired) electrons. The van der Waals surface area contributed by atoms with Crippen LogP contribution in [0.2, 0.25) is 0 Å². The standard InChI is InChI=1S/C9H14O3/c1-9(2,3)12-8(10)5-4-7-6-11-7/h4-5,7H,6H2,1-3H3. The first-order valence-electron chi connectivity index (χ1n) is 4.00. The summed E-state index contributed by atoms with van der Waals surface area (Å²) in [5.74, 6) is -0.307. The number of epoxide rings is 1. The molecule has 3 nitrogen and oxygen atoms in total. The van der Waals surface area contributed by atoms with Crippen molar-refractivity contribution >= 4 is 5.97 Å². The van der Waals surface area contributed by atoms with Gasteiger partial charge in [-0.2, -0.15) is 0 Å². The highest BCUT2D eigenvalue weighted by Gasteiger charge is 2.20. The lowest BCUT2D eigenvalue weighted by Gasteiger charge is -2.17. The van der Waals surface area contributed by atoms with Gasteiger partial charge < -0.3 is 9.47 Å². The van der Waals surface area contributed by atoms with Crippen LogP contribution in [0.3, 0.4) is 0 Å². The third-order valence-electron chi connectivity index (χ3n) is 1.21. The van der Waals surface area contributed by atoms with Crippen LogP contribution in [-0.4, -0.2) is 24.3 Å². The average Bonchev–Trinajstić information content (AvgIpc) is 2.61. The van der Waals surface area contributed by atoms with Gasteiger partial charge in [-0.1, -0.05) is 0 Å². The largest absolute Gasteiger partial charge is 0.457 e. The average molecular weight is 170 g/mol. The summed E-state index contributed by atoms with van der Waals surface area (Å²) in [6.07, 6.45) is 3.27. The third kappa shape index (κ3) is 4.13. The van der Waals surface area contributed by atoms with Crippen molar-refractivity contribution in [2.45, 2.75) is 32.5 Å². The molecule has 0 aromatic carbocycles. The van der Waals surface area contributed by atoms with E-state index in [9.17, 15) is 4.79 Å². The summed E-state index contributed by atoms with van der Waals surface area (Å²) < 4.78 is 9.93. The molecule has 0 aromatic rings. The predicted octanol–water partition coefficient (Wildman–Crippen LogP) is 1.28. The second-order valence-electron chi connectivity index (χ2n) is 3.76. The lowest BCUT2D eigenvalue weighted by atomic mass is 10.2. The van der Waals surface area contributed by atoms with Crippen molar-refractivity contribution in [3.05, 3.63) is 12.2 Å². The molecule has 0 saturated carbocycles. The van der Waals surface area contributed by atoms with Crippen LogP contribution in [0.5, 0.6) is 0 Å². The first-order valence-corrected chi connectivity index (χ1v) is 4.00. The van der Waals surface area contributed by atoms with Gasteiger partial charge in [0, 0.05) is 6.08 Å². The summed E-state index contributed by atoms with van der Waals surface area (Å²) in [6.45, 7) is 6.24. The molecule has 1 atom stereocenters. The zero-order chi connectivity index (χ0) is 9.19. The molecule has 1 fully saturated rings. The highest BCUT2D eigenvalue weighted by molar-refractivity contribution is 5.82. The van der Waals surface area contributed by atoms with Crippen molar-refractivity contribution in [3.63, 3.8) is 0 Å². The number of hydrogen-bond acceptors (Lipinski definition) is 3. The topological polar surface area (TPSA) is 38.8 Å². The van der Waals surface area contributed by atoms with Gasteiger partial charge in [0.2, 0.25) is 0 Å². The number of carbonyl (C=O) groups is 1. The van der Waals surface area contributed by atoms with Crippen molar-refractivity contribution in [2.24, 2.45) is 0 Å². The van der Waals surface area contributed by atoms with Gasteiger partial charge in [-0.3, -0.25) is 0 Å². The first-order chi connectivity index (χ1) is 5.47. The molecule has 3 heteroatoms. The summed E-state index contributed by atoms with van der Waals surface area (Å²) in [4.78, 5) is 11.0. The van der Waals surface area contributed by atoms with E-state index in [1.165, 1.54) is 6.08 Å². The molecule has 0 aliphatic carbocycles. The van der Waals surface area contributed by atoms with E-state index in [4.69, 9.17) is 9.47 Å². The van der Waals surface area contributed by atoms with E-state index in [1.807, 2.05) is 20.8 Å². The normalized spacial score (nSPS) is 22.8. The van der Waals surface area contributed by atoms with Gasteiger partial charge in [0.25, 0.3) is 0 Å². The van der Waals surface area contributed by atoms with Crippen LogP contribution in [0.4, 0.5) is 0 Å². The molecule has 12 heavy (non-hydrogen) atoms. The fraction of sp³-hybridized carbons (Fsp3) is 0.667. The van der Waals surface area contributed by atoms with Crippen LogP contribution >= 0.6 is 0 Å². The van der Waals surface area contributed by atoms with Gasteiger partial charge in [-0.05, 0) is 26.8 Å². The number of esters is 1. The quantitative estimate of drug-likeness (QED) is 0.356. The second kappa shape index (κ2) is 3.27. The smallest absolute Gasteiger partial charge is 0.331 e. The minimum Gasteiger partial charge on any atom is -0.457 e. The Morgan fingerprint density at radius 2 is 2.17 bits per heavy atom. The molecule has 0 spiro atoms. The lowest BCUT2D eigenvalue weighted by molar-refractivity contribution is -0.148. The van der Waals surface area contributed by atoms with Gasteiger partial charge in [0.15, 0.2) is 0 Å². The molecule has 0 amide bonds. The summed E-state index contributed by atoms with van der Waals surface area (Å²) in [5.41, 5.74) is -0.411. The van der Waals surface area contributed by atoms with Crippen molar-refractivity contribution in [2.75, 3.05) is 6.61 Å². The minimum atomic E-state index is -0.411. The maximum absolute atomic E-state index is 11.0. The molecule has 1 unspecified atom stereocenters. The summed E-state index contributed by atoms with van der Waals surface area (Å²) >= 11 is 0. The number of rotatable bonds is 2. The lowest BCUT2D eigenvalue weighted by Crippen LogP contribution is -2.22. The number of ether oxygens (including phenoxy) is 2. The molecule has 1 heterocycles. The summed E-state index contributed by atoms with van der Waals surface area (Å²) in [5, 5.41) is 0. The Morgan fingerprint density at radius 3 is 2.58 bits per heavy atom. The first kappa shape index (κ1) is 9.26. The maximum atomic E-state index is 11.0. The van der Waals surface area contributed by atoms with Gasteiger partial charge >= 0.3 is 5.97 Å². The van der Waals surface area contributed by atoms with Crippen LogP contribution < -0.4 is 0 Å². The van der Waals surface area contributed by atoms with Crippen LogP contribution in [0.25, 0.3) is 0 Å². The van der Waals surface area contributed by atoms with Gasteiger partial charge in [-0.15, -0.1) is 0 Å². The van der Waals surface area contributed by atoms with Crippen molar-refractivity contribution < 1.29 is 14.3 Å². The van der Waals surface area contributed by atoms with Gasteiger partial charge in [0.05, 0.1) is 12.7 Å². The van der Waals surface area contributed by atoms with Crippen molar-refractivity contribution in [1.82, 2.24) is 0 Å². The molecule has 0 N–H and O–H groups in total. The molecule has 1 aliphatic rings. The van der Waals surface area contributed by atoms with E-state index in [0.717, 1.165) is 6.61 Å². The molecular formula is C9H14O3. The summed E-state index contributed by atoms with van der Waals surface area (Å²) in [7, 11) is 0. The summed E-state index contributed by atoms with van der Waals surface area (Å²) in [6, 6.07) is 0. The van der Waals surface area contributed by atoms with Crippen LogP contribution in [0, 0.1) is 0 Å². The molecule has 0 aromatic heterocycles. The molecule has 1 rings (SSSR count). The molecule has 68 valence electrons. The Kier molecular flexibility index (Phi) is 2.52. The Bertz CT molecular complexity index is 196. The highest BCUT2D eigenvalue weighted by Crippen LogP contribution is 2.11. The highest BCUT2D eigenvalue weighted by atomic mass is 16.6. The van der Waals surface area contributed by atoms with Crippen molar-refractivity contribution in [1.29, 1.82) is 0 Å². The van der Waals surface area contributed by atoms with E-state index in [-0.39, 0.29) is 12.1 Å². The molecule has 1 aliphatic heterocycles. The van der Waals surface area contributed by atoms with Crippen LogP contribution in [0.1, 0.15) is 20.8 Å². The fourth-order valence-electron chi connectivity index (χ4n) is 0.688. The van der Waals surface area contributed by atoms with Gasteiger partial charge in [0.1, 0.15) is 5.60 Å². The zero-order valence-corrected chi connectivity index (χ0v) is 7.66. The Balaban J connectivity index is 2.27. The fourth-order valence-corrected chi connectivity index (χ4v) is 0.688. The number of carbonyl (C=O) groups excluding carboxylic acids is 1. The Morgan fingerprint density at radius 1 is 1.58 bits per heavy atom. The van der Waals surface area contributed by atoms with Crippen LogP contribution in [-0.2, 0) is 14.3 Å². The van der Waals surface area contributed by atoms with E-state index in [2.05, 4.69) is 0 Å². The van der Waals surface area contributed by atoms with E-state index in [0.29, 0.717) is 0 Å². The molecule has 1 saturated heterocycles. The SMILES string of the molecule is CC(C)(C)OC(=O)C=CC1CO1. The monoisotopic (exact) mass is 170 g/mol. The van der Waals surface area contributed by atoms with E-state index >= 15 is 0 Å². The van der Waals surface area contributed by atoms with Gasteiger partial charge in [-0.25, -0.2) is 4.79 Å². The van der Waals surface area contributed by atoms with E-state index in [1.54, 1.807) is 6.08 Å².